The third kappa shape index (κ3) is 3.75. The van der Waals surface area contributed by atoms with Gasteiger partial charge in [0, 0.05) is 16.1 Å². The van der Waals surface area contributed by atoms with E-state index < -0.39 is 6.10 Å². The van der Waals surface area contributed by atoms with Gasteiger partial charge in [-0.1, -0.05) is 30.3 Å². The summed E-state index contributed by atoms with van der Waals surface area (Å²) in [7, 11) is 0. The predicted octanol–water partition coefficient (Wildman–Crippen LogP) is 4.09. The van der Waals surface area contributed by atoms with Gasteiger partial charge in [-0.2, -0.15) is 0 Å². The number of rotatable bonds is 5. The molecule has 1 aromatic heterocycles. The summed E-state index contributed by atoms with van der Waals surface area (Å²) in [5, 5.41) is 14.1. The van der Waals surface area contributed by atoms with Crippen molar-refractivity contribution in [3.63, 3.8) is 0 Å². The van der Waals surface area contributed by atoms with Gasteiger partial charge in [-0.05, 0) is 41.5 Å². The van der Waals surface area contributed by atoms with Gasteiger partial charge in [0.05, 0.1) is 11.0 Å². The molecule has 1 heterocycles. The van der Waals surface area contributed by atoms with Crippen LogP contribution in [-0.2, 0) is 0 Å². The zero-order valence-electron chi connectivity index (χ0n) is 12.7. The summed E-state index contributed by atoms with van der Waals surface area (Å²) in [6.07, 6.45) is 1.31. The van der Waals surface area contributed by atoms with Crippen LogP contribution in [0.5, 0.6) is 0 Å². The number of fused-ring (bicyclic) bond motifs is 1. The second-order valence-electron chi connectivity index (χ2n) is 5.15. The minimum atomic E-state index is -0.704. The molecule has 0 aliphatic heterocycles. The van der Waals surface area contributed by atoms with E-state index in [4.69, 9.17) is 0 Å². The molecule has 1 unspecified atom stereocenters. The van der Waals surface area contributed by atoms with Gasteiger partial charge in [0.15, 0.2) is 0 Å². The van der Waals surface area contributed by atoms with Crippen molar-refractivity contribution in [1.82, 2.24) is 5.32 Å². The van der Waals surface area contributed by atoms with Crippen LogP contribution in [0.25, 0.3) is 10.1 Å². The molecule has 0 spiro atoms. The van der Waals surface area contributed by atoms with Crippen LogP contribution in [0.1, 0.15) is 21.3 Å². The number of aliphatic hydroxyl groups excluding tert-OH is 1. The molecule has 0 bridgehead atoms. The van der Waals surface area contributed by atoms with Crippen molar-refractivity contribution in [2.75, 3.05) is 12.8 Å². The van der Waals surface area contributed by atoms with E-state index >= 15 is 0 Å². The van der Waals surface area contributed by atoms with Gasteiger partial charge in [0.1, 0.15) is 0 Å². The third-order valence-corrected chi connectivity index (χ3v) is 5.46. The fourth-order valence-corrected chi connectivity index (χ4v) is 3.70. The van der Waals surface area contributed by atoms with Gasteiger partial charge in [-0.3, -0.25) is 4.79 Å². The molecule has 3 rings (SSSR count). The van der Waals surface area contributed by atoms with Crippen molar-refractivity contribution >= 4 is 39.1 Å². The number of thioether (sulfide) groups is 1. The minimum Gasteiger partial charge on any atom is -0.387 e. The molecule has 1 amide bonds. The number of hydrogen-bond acceptors (Lipinski definition) is 4. The SMILES string of the molecule is CSc1ccc(C(O)CNC(=O)c2cc3ccccc3s2)cc1. The van der Waals surface area contributed by atoms with E-state index in [1.165, 1.54) is 11.3 Å². The predicted molar refractivity (Wildman–Crippen MR) is 97.3 cm³/mol. The van der Waals surface area contributed by atoms with Gasteiger partial charge >= 0.3 is 0 Å². The zero-order valence-corrected chi connectivity index (χ0v) is 14.3. The number of carbonyl (C=O) groups is 1. The van der Waals surface area contributed by atoms with Crippen molar-refractivity contribution in [2.45, 2.75) is 11.0 Å². The van der Waals surface area contributed by atoms with Crippen LogP contribution in [0.3, 0.4) is 0 Å². The molecule has 0 aliphatic rings. The number of thiophene rings is 1. The Labute approximate surface area is 143 Å². The Morgan fingerprint density at radius 3 is 2.65 bits per heavy atom. The molecular formula is C18H17NO2S2. The number of aliphatic hydroxyl groups is 1. The molecule has 0 fully saturated rings. The highest BCUT2D eigenvalue weighted by Gasteiger charge is 2.13. The third-order valence-electron chi connectivity index (χ3n) is 3.61. The number of nitrogens with one attached hydrogen (secondary N) is 1. The highest BCUT2D eigenvalue weighted by molar-refractivity contribution is 7.98. The molecular weight excluding hydrogens is 326 g/mol. The largest absolute Gasteiger partial charge is 0.387 e. The first-order chi connectivity index (χ1) is 11.2. The molecule has 118 valence electrons. The first kappa shape index (κ1) is 16.1. The summed E-state index contributed by atoms with van der Waals surface area (Å²) in [6, 6.07) is 17.5. The maximum Gasteiger partial charge on any atom is 0.261 e. The van der Waals surface area contributed by atoms with Crippen molar-refractivity contribution in [2.24, 2.45) is 0 Å². The standard InChI is InChI=1S/C18H17NO2S2/c1-22-14-8-6-12(7-9-14)15(20)11-19-18(21)17-10-13-4-2-3-5-16(13)23-17/h2-10,15,20H,11H2,1H3,(H,19,21). The van der Waals surface area contributed by atoms with E-state index in [1.54, 1.807) is 11.8 Å². The summed E-state index contributed by atoms with van der Waals surface area (Å²) in [5.74, 6) is -0.147. The Hall–Kier alpha value is -1.82. The highest BCUT2D eigenvalue weighted by Crippen LogP contribution is 2.25. The summed E-state index contributed by atoms with van der Waals surface area (Å²) >= 11 is 3.12. The normalized spacial score (nSPS) is 12.3. The van der Waals surface area contributed by atoms with Crippen LogP contribution >= 0.6 is 23.1 Å². The van der Waals surface area contributed by atoms with Crippen molar-refractivity contribution in [3.05, 3.63) is 65.0 Å². The molecule has 0 saturated carbocycles. The van der Waals surface area contributed by atoms with Crippen LogP contribution in [0.2, 0.25) is 0 Å². The first-order valence-electron chi connectivity index (χ1n) is 7.26. The molecule has 2 aromatic carbocycles. The summed E-state index contributed by atoms with van der Waals surface area (Å²) in [6.45, 7) is 0.200. The van der Waals surface area contributed by atoms with Gasteiger partial charge in [-0.15, -0.1) is 23.1 Å². The highest BCUT2D eigenvalue weighted by atomic mass is 32.2. The average Bonchev–Trinajstić information content (AvgIpc) is 3.03. The van der Waals surface area contributed by atoms with Crippen LogP contribution < -0.4 is 5.32 Å². The second kappa shape index (κ2) is 7.17. The number of amides is 1. The van der Waals surface area contributed by atoms with Crippen LogP contribution in [0, 0.1) is 0 Å². The van der Waals surface area contributed by atoms with E-state index in [0.717, 1.165) is 20.5 Å². The number of carbonyl (C=O) groups excluding carboxylic acids is 1. The average molecular weight is 343 g/mol. The maximum absolute atomic E-state index is 12.2. The summed E-state index contributed by atoms with van der Waals surface area (Å²) in [4.78, 5) is 14.0. The van der Waals surface area contributed by atoms with Crippen LogP contribution in [0.15, 0.2) is 59.5 Å². The molecule has 0 saturated heterocycles. The quantitative estimate of drug-likeness (QED) is 0.686. The zero-order chi connectivity index (χ0) is 16.2. The van der Waals surface area contributed by atoms with E-state index in [2.05, 4.69) is 5.32 Å². The molecule has 1 atom stereocenters. The molecule has 3 nitrogen and oxygen atoms in total. The fourth-order valence-electron chi connectivity index (χ4n) is 2.31. The maximum atomic E-state index is 12.2. The second-order valence-corrected chi connectivity index (χ2v) is 7.11. The number of benzene rings is 2. The van der Waals surface area contributed by atoms with Gasteiger partial charge in [-0.25, -0.2) is 0 Å². The fraction of sp³-hybridized carbons (Fsp3) is 0.167. The van der Waals surface area contributed by atoms with Crippen LogP contribution in [0.4, 0.5) is 0 Å². The topological polar surface area (TPSA) is 49.3 Å². The molecule has 23 heavy (non-hydrogen) atoms. The Bertz CT molecular complexity index is 778. The van der Waals surface area contributed by atoms with E-state index in [-0.39, 0.29) is 12.5 Å². The number of hydrogen-bond donors (Lipinski definition) is 2. The van der Waals surface area contributed by atoms with Crippen molar-refractivity contribution < 1.29 is 9.90 Å². The summed E-state index contributed by atoms with van der Waals surface area (Å²) < 4.78 is 1.09. The molecule has 3 aromatic rings. The van der Waals surface area contributed by atoms with Crippen molar-refractivity contribution in [1.29, 1.82) is 0 Å². The van der Waals surface area contributed by atoms with E-state index in [1.807, 2.05) is 60.9 Å². The molecule has 0 aliphatic carbocycles. The Morgan fingerprint density at radius 2 is 1.96 bits per heavy atom. The monoisotopic (exact) mass is 343 g/mol. The van der Waals surface area contributed by atoms with Crippen LogP contribution in [-0.4, -0.2) is 23.8 Å². The smallest absolute Gasteiger partial charge is 0.261 e. The lowest BCUT2D eigenvalue weighted by Gasteiger charge is -2.12. The lowest BCUT2D eigenvalue weighted by Crippen LogP contribution is -2.27. The molecule has 5 heteroatoms. The Kier molecular flexibility index (Phi) is 5.00. The van der Waals surface area contributed by atoms with E-state index in [9.17, 15) is 9.90 Å². The van der Waals surface area contributed by atoms with Gasteiger partial charge in [0.25, 0.3) is 5.91 Å². The van der Waals surface area contributed by atoms with E-state index in [0.29, 0.717) is 4.88 Å². The van der Waals surface area contributed by atoms with Gasteiger partial charge < -0.3 is 10.4 Å². The Balaban J connectivity index is 1.63. The summed E-state index contributed by atoms with van der Waals surface area (Å²) in [5.41, 5.74) is 0.805. The van der Waals surface area contributed by atoms with Crippen molar-refractivity contribution in [3.8, 4) is 0 Å². The minimum absolute atomic E-state index is 0.147. The Morgan fingerprint density at radius 1 is 1.22 bits per heavy atom. The lowest BCUT2D eigenvalue weighted by molar-refractivity contribution is 0.0920. The first-order valence-corrected chi connectivity index (χ1v) is 9.30. The molecule has 2 N–H and O–H groups in total. The molecule has 0 radical (unpaired) electrons. The lowest BCUT2D eigenvalue weighted by atomic mass is 10.1. The van der Waals surface area contributed by atoms with Gasteiger partial charge in [0.2, 0.25) is 0 Å².